The first kappa shape index (κ1) is 24.0. The van der Waals surface area contributed by atoms with Gasteiger partial charge in [0.1, 0.15) is 0 Å². The van der Waals surface area contributed by atoms with E-state index in [0.29, 0.717) is 47.9 Å². The lowest BCUT2D eigenvalue weighted by Gasteiger charge is -2.30. The Labute approximate surface area is 215 Å². The Balaban J connectivity index is 1.37. The maximum atomic E-state index is 13.5. The van der Waals surface area contributed by atoms with Crippen LogP contribution in [0.15, 0.2) is 71.4 Å². The highest BCUT2D eigenvalue weighted by molar-refractivity contribution is 6.30. The minimum atomic E-state index is -0.322. The van der Waals surface area contributed by atoms with Crippen LogP contribution in [0.2, 0.25) is 5.02 Å². The van der Waals surface area contributed by atoms with Gasteiger partial charge in [-0.05, 0) is 61.4 Å². The number of likely N-dealkylation sites (tertiary alicyclic amines) is 1. The average molecular weight is 503 g/mol. The third-order valence-corrected chi connectivity index (χ3v) is 6.95. The number of aryl methyl sites for hydroxylation is 2. The molecule has 1 amide bonds. The van der Waals surface area contributed by atoms with Gasteiger partial charge in [-0.2, -0.15) is 4.98 Å². The van der Waals surface area contributed by atoms with E-state index in [1.807, 2.05) is 60.4 Å². The van der Waals surface area contributed by atoms with Crippen molar-refractivity contribution in [3.63, 3.8) is 0 Å². The zero-order valence-electron chi connectivity index (χ0n) is 20.4. The number of amides is 1. The Morgan fingerprint density at radius 1 is 1.11 bits per heavy atom. The molecule has 2 aromatic heterocycles. The first-order valence-electron chi connectivity index (χ1n) is 11.8. The van der Waals surface area contributed by atoms with E-state index in [1.54, 1.807) is 25.3 Å². The van der Waals surface area contributed by atoms with Gasteiger partial charge in [-0.25, -0.2) is 4.98 Å². The summed E-state index contributed by atoms with van der Waals surface area (Å²) in [6.07, 6.45) is 1.79. The number of carbonyl (C=O) groups is 1. The smallest absolute Gasteiger partial charge is 0.257 e. The number of nitrogens with zero attached hydrogens (tertiary/aromatic N) is 4. The number of hydrogen-bond donors (Lipinski definition) is 0. The van der Waals surface area contributed by atoms with Crippen LogP contribution < -0.4 is 4.74 Å². The number of ether oxygens (including phenoxy) is 1. The molecule has 0 spiro atoms. The topological polar surface area (TPSA) is 81.4 Å². The summed E-state index contributed by atoms with van der Waals surface area (Å²) in [5.41, 5.74) is 3.26. The SMILES string of the molecule is Cc1ccc(OCC2(C)CN(C(=O)c3ccc(-c4nc(C)no4)cc3)C[C@@H]2c2ccc(Cl)cc2)nc1. The second kappa shape index (κ2) is 9.74. The number of carbonyl (C=O) groups excluding carboxylic acids is 1. The summed E-state index contributed by atoms with van der Waals surface area (Å²) in [5, 5.41) is 4.51. The molecule has 3 heterocycles. The highest BCUT2D eigenvalue weighted by Gasteiger charge is 2.46. The normalized spacial score (nSPS) is 19.4. The number of aromatic nitrogens is 3. The Kier molecular flexibility index (Phi) is 6.49. The van der Waals surface area contributed by atoms with Crippen molar-refractivity contribution < 1.29 is 14.1 Å². The highest BCUT2D eigenvalue weighted by Crippen LogP contribution is 2.44. The summed E-state index contributed by atoms with van der Waals surface area (Å²) in [4.78, 5) is 24.1. The zero-order valence-corrected chi connectivity index (χ0v) is 21.2. The number of pyridine rings is 1. The molecule has 1 fully saturated rings. The molecule has 0 aliphatic carbocycles. The van der Waals surface area contributed by atoms with Gasteiger partial charge in [0, 0.05) is 52.8 Å². The Morgan fingerprint density at radius 2 is 1.86 bits per heavy atom. The van der Waals surface area contributed by atoms with Gasteiger partial charge >= 0.3 is 0 Å². The molecule has 4 aromatic rings. The van der Waals surface area contributed by atoms with Crippen LogP contribution in [0.1, 0.15) is 40.2 Å². The van der Waals surface area contributed by atoms with Gasteiger partial charge in [0.25, 0.3) is 11.8 Å². The van der Waals surface area contributed by atoms with Crippen molar-refractivity contribution in [2.45, 2.75) is 26.7 Å². The number of halogens is 1. The fraction of sp³-hybridized carbons (Fsp3) is 0.286. The fourth-order valence-electron chi connectivity index (χ4n) is 4.69. The monoisotopic (exact) mass is 502 g/mol. The quantitative estimate of drug-likeness (QED) is 0.335. The van der Waals surface area contributed by atoms with Crippen LogP contribution in [-0.4, -0.2) is 45.6 Å². The standard InChI is InChI=1S/C28H27ClN4O3/c1-18-4-13-25(30-14-18)35-17-28(3)16-33(15-24(28)20-9-11-23(29)12-10-20)27(34)22-7-5-21(6-8-22)26-31-19(2)32-36-26/h4-14,24H,15-17H2,1-3H3/t24-,28?/m1/s1. The molecule has 1 unspecified atom stereocenters. The minimum Gasteiger partial charge on any atom is -0.477 e. The maximum absolute atomic E-state index is 13.5. The van der Waals surface area contributed by atoms with E-state index in [1.165, 1.54) is 0 Å². The lowest BCUT2D eigenvalue weighted by Crippen LogP contribution is -2.35. The van der Waals surface area contributed by atoms with Gasteiger partial charge in [0.2, 0.25) is 5.88 Å². The van der Waals surface area contributed by atoms with Crippen molar-refractivity contribution in [2.24, 2.45) is 5.41 Å². The molecule has 8 heteroatoms. The van der Waals surface area contributed by atoms with E-state index in [0.717, 1.165) is 16.7 Å². The van der Waals surface area contributed by atoms with E-state index in [2.05, 4.69) is 22.0 Å². The van der Waals surface area contributed by atoms with Crippen molar-refractivity contribution >= 4 is 17.5 Å². The molecule has 0 bridgehead atoms. The number of hydrogen-bond acceptors (Lipinski definition) is 6. The van der Waals surface area contributed by atoms with Crippen LogP contribution in [0.3, 0.4) is 0 Å². The molecule has 5 rings (SSSR count). The van der Waals surface area contributed by atoms with Crippen LogP contribution in [0, 0.1) is 19.3 Å². The van der Waals surface area contributed by atoms with Crippen molar-refractivity contribution in [1.29, 1.82) is 0 Å². The summed E-state index contributed by atoms with van der Waals surface area (Å²) in [7, 11) is 0. The summed E-state index contributed by atoms with van der Waals surface area (Å²) >= 11 is 6.15. The van der Waals surface area contributed by atoms with Crippen molar-refractivity contribution in [3.8, 4) is 17.3 Å². The first-order chi connectivity index (χ1) is 17.3. The second-order valence-corrected chi connectivity index (χ2v) is 10.1. The summed E-state index contributed by atoms with van der Waals surface area (Å²) < 4.78 is 11.4. The van der Waals surface area contributed by atoms with Gasteiger partial charge in [-0.3, -0.25) is 4.79 Å². The van der Waals surface area contributed by atoms with Crippen LogP contribution in [-0.2, 0) is 0 Å². The summed E-state index contributed by atoms with van der Waals surface area (Å²) in [6, 6.07) is 19.0. The Hall–Kier alpha value is -3.71. The van der Waals surface area contributed by atoms with E-state index >= 15 is 0 Å². The molecular weight excluding hydrogens is 476 g/mol. The highest BCUT2D eigenvalue weighted by atomic mass is 35.5. The maximum Gasteiger partial charge on any atom is 0.257 e. The molecule has 0 radical (unpaired) electrons. The van der Waals surface area contributed by atoms with E-state index in [4.69, 9.17) is 20.9 Å². The lowest BCUT2D eigenvalue weighted by atomic mass is 9.77. The van der Waals surface area contributed by atoms with Crippen LogP contribution in [0.4, 0.5) is 0 Å². The molecule has 184 valence electrons. The van der Waals surface area contributed by atoms with Crippen molar-refractivity contribution in [2.75, 3.05) is 19.7 Å². The summed E-state index contributed by atoms with van der Waals surface area (Å²) in [6.45, 7) is 7.47. The molecule has 0 N–H and O–H groups in total. The van der Waals surface area contributed by atoms with E-state index in [-0.39, 0.29) is 17.2 Å². The van der Waals surface area contributed by atoms with Crippen LogP contribution in [0.5, 0.6) is 5.88 Å². The average Bonchev–Trinajstić information content (AvgIpc) is 3.47. The number of benzene rings is 2. The molecule has 1 saturated heterocycles. The molecule has 7 nitrogen and oxygen atoms in total. The summed E-state index contributed by atoms with van der Waals surface area (Å²) in [5.74, 6) is 1.63. The molecule has 2 atom stereocenters. The van der Waals surface area contributed by atoms with Gasteiger partial charge in [-0.15, -0.1) is 0 Å². The fourth-order valence-corrected chi connectivity index (χ4v) is 4.81. The van der Waals surface area contributed by atoms with Crippen LogP contribution in [0.25, 0.3) is 11.5 Å². The van der Waals surface area contributed by atoms with Gasteiger partial charge in [-0.1, -0.05) is 41.9 Å². The lowest BCUT2D eigenvalue weighted by molar-refractivity contribution is 0.0758. The van der Waals surface area contributed by atoms with Crippen molar-refractivity contribution in [1.82, 2.24) is 20.0 Å². The largest absolute Gasteiger partial charge is 0.477 e. The first-order valence-corrected chi connectivity index (χ1v) is 12.2. The third-order valence-electron chi connectivity index (χ3n) is 6.70. The molecule has 0 saturated carbocycles. The molecule has 1 aliphatic rings. The number of rotatable bonds is 6. The zero-order chi connectivity index (χ0) is 25.3. The molecular formula is C28H27ClN4O3. The Morgan fingerprint density at radius 3 is 2.50 bits per heavy atom. The van der Waals surface area contributed by atoms with Crippen molar-refractivity contribution in [3.05, 3.63) is 94.4 Å². The second-order valence-electron chi connectivity index (χ2n) is 9.63. The predicted octanol–water partition coefficient (Wildman–Crippen LogP) is 5.73. The molecule has 2 aromatic carbocycles. The third kappa shape index (κ3) is 4.97. The molecule has 1 aliphatic heterocycles. The van der Waals surface area contributed by atoms with E-state index < -0.39 is 0 Å². The van der Waals surface area contributed by atoms with Gasteiger partial charge in [0.15, 0.2) is 5.82 Å². The Bertz CT molecular complexity index is 1350. The van der Waals surface area contributed by atoms with Gasteiger partial charge in [0.05, 0.1) is 6.61 Å². The molecule has 36 heavy (non-hydrogen) atoms. The predicted molar refractivity (Wildman–Crippen MR) is 137 cm³/mol. The van der Waals surface area contributed by atoms with E-state index in [9.17, 15) is 4.79 Å². The van der Waals surface area contributed by atoms with Crippen LogP contribution >= 0.6 is 11.6 Å². The minimum absolute atomic E-state index is 0.0283. The van der Waals surface area contributed by atoms with Gasteiger partial charge < -0.3 is 14.2 Å².